The highest BCUT2D eigenvalue weighted by molar-refractivity contribution is 14.0. The molecule has 0 atom stereocenters. The average molecular weight is 560 g/mol. The van der Waals surface area contributed by atoms with Crippen molar-refractivity contribution in [2.24, 2.45) is 12.0 Å². The van der Waals surface area contributed by atoms with Gasteiger partial charge in [0.25, 0.3) is 0 Å². The van der Waals surface area contributed by atoms with Crippen molar-refractivity contribution in [2.45, 2.75) is 40.3 Å². The number of nitrogens with zero attached hydrogens (tertiary/aromatic N) is 4. The Hall–Kier alpha value is -1.92. The van der Waals surface area contributed by atoms with Crippen LogP contribution in [-0.2, 0) is 29.6 Å². The van der Waals surface area contributed by atoms with Crippen LogP contribution in [0.15, 0.2) is 23.2 Å². The van der Waals surface area contributed by atoms with E-state index in [1.807, 2.05) is 38.5 Å². The minimum Gasteiger partial charge on any atom is -0.491 e. The molecule has 1 aromatic heterocycles. The Morgan fingerprint density at radius 3 is 2.62 bits per heavy atom. The van der Waals surface area contributed by atoms with E-state index in [0.717, 1.165) is 48.1 Å². The number of nitrogens with one attached hydrogen (secondary N) is 2. The third-order valence-electron chi connectivity index (χ3n) is 4.73. The Morgan fingerprint density at radius 2 is 1.94 bits per heavy atom. The Bertz CT molecular complexity index is 828. The molecule has 0 radical (unpaired) electrons. The summed E-state index contributed by atoms with van der Waals surface area (Å²) in [5.41, 5.74) is 2.16. The maximum Gasteiger partial charge on any atom is 0.191 e. The summed E-state index contributed by atoms with van der Waals surface area (Å²) in [6.07, 6.45) is 0.896. The van der Waals surface area contributed by atoms with E-state index in [1.165, 1.54) is 0 Å². The van der Waals surface area contributed by atoms with Crippen molar-refractivity contribution in [1.82, 2.24) is 25.4 Å². The quantitative estimate of drug-likeness (QED) is 0.168. The van der Waals surface area contributed by atoms with E-state index >= 15 is 0 Å². The standard InChI is InChI=1S/C22H36N6O3.HI/c1-6-30-11-7-10-23-22(25-16-21-27-26-18(3)28(21)4)24-15-19-9-8-17(2)14-20(19)31-13-12-29-5;/h8-9,14H,6-7,10-13,15-16H2,1-5H3,(H2,23,24,25);1H. The third-order valence-corrected chi connectivity index (χ3v) is 4.73. The van der Waals surface area contributed by atoms with Gasteiger partial charge in [-0.15, -0.1) is 34.2 Å². The smallest absolute Gasteiger partial charge is 0.191 e. The molecule has 2 rings (SSSR count). The number of halogens is 1. The summed E-state index contributed by atoms with van der Waals surface area (Å²) in [5, 5.41) is 15.0. The lowest BCUT2D eigenvalue weighted by molar-refractivity contribution is 0.145. The molecule has 10 heteroatoms. The summed E-state index contributed by atoms with van der Waals surface area (Å²) in [4.78, 5) is 4.77. The molecule has 0 aliphatic rings. The highest BCUT2D eigenvalue weighted by Gasteiger charge is 2.08. The number of aryl methyl sites for hydroxylation is 2. The van der Waals surface area contributed by atoms with Crippen molar-refractivity contribution < 1.29 is 14.2 Å². The molecule has 0 aliphatic carbocycles. The van der Waals surface area contributed by atoms with Crippen molar-refractivity contribution in [3.8, 4) is 5.75 Å². The van der Waals surface area contributed by atoms with Crippen LogP contribution < -0.4 is 15.4 Å². The lowest BCUT2D eigenvalue weighted by Crippen LogP contribution is -2.38. The number of hydrogen-bond acceptors (Lipinski definition) is 6. The Labute approximate surface area is 208 Å². The van der Waals surface area contributed by atoms with E-state index in [1.54, 1.807) is 7.11 Å². The summed E-state index contributed by atoms with van der Waals surface area (Å²) < 4.78 is 18.4. The summed E-state index contributed by atoms with van der Waals surface area (Å²) in [7, 11) is 3.62. The van der Waals surface area contributed by atoms with Gasteiger partial charge in [-0.1, -0.05) is 12.1 Å². The van der Waals surface area contributed by atoms with Gasteiger partial charge in [-0.3, -0.25) is 0 Å². The summed E-state index contributed by atoms with van der Waals surface area (Å²) in [6.45, 7) is 10.2. The van der Waals surface area contributed by atoms with Gasteiger partial charge in [-0.25, -0.2) is 4.99 Å². The lowest BCUT2D eigenvalue weighted by Gasteiger charge is -2.14. The number of benzene rings is 1. The van der Waals surface area contributed by atoms with E-state index in [-0.39, 0.29) is 24.0 Å². The monoisotopic (exact) mass is 560 g/mol. The summed E-state index contributed by atoms with van der Waals surface area (Å²) >= 11 is 0. The van der Waals surface area contributed by atoms with E-state index < -0.39 is 0 Å². The van der Waals surface area contributed by atoms with Crippen molar-refractivity contribution in [3.05, 3.63) is 41.0 Å². The molecular formula is C22H37IN6O3. The van der Waals surface area contributed by atoms with Crippen molar-refractivity contribution in [1.29, 1.82) is 0 Å². The number of rotatable bonds is 13. The topological polar surface area (TPSA) is 94.8 Å². The molecule has 2 N–H and O–H groups in total. The van der Waals surface area contributed by atoms with Gasteiger partial charge in [-0.2, -0.15) is 0 Å². The second-order valence-corrected chi connectivity index (χ2v) is 7.17. The molecule has 0 bridgehead atoms. The minimum absolute atomic E-state index is 0. The maximum atomic E-state index is 5.89. The zero-order valence-electron chi connectivity index (χ0n) is 19.8. The molecule has 0 saturated carbocycles. The zero-order chi connectivity index (χ0) is 22.5. The molecular weight excluding hydrogens is 523 g/mol. The van der Waals surface area contributed by atoms with Gasteiger partial charge < -0.3 is 29.4 Å². The first-order chi connectivity index (χ1) is 15.0. The molecule has 0 spiro atoms. The fourth-order valence-electron chi connectivity index (χ4n) is 2.79. The van der Waals surface area contributed by atoms with Gasteiger partial charge in [0, 0.05) is 39.5 Å². The van der Waals surface area contributed by atoms with Gasteiger partial charge >= 0.3 is 0 Å². The fraction of sp³-hybridized carbons (Fsp3) is 0.591. The van der Waals surface area contributed by atoms with Crippen LogP contribution in [0.4, 0.5) is 0 Å². The van der Waals surface area contributed by atoms with Crippen LogP contribution in [0.2, 0.25) is 0 Å². The summed E-state index contributed by atoms with van der Waals surface area (Å²) in [6, 6.07) is 6.16. The van der Waals surface area contributed by atoms with Gasteiger partial charge in [0.1, 0.15) is 18.2 Å². The van der Waals surface area contributed by atoms with Crippen molar-refractivity contribution in [2.75, 3.05) is 40.1 Å². The van der Waals surface area contributed by atoms with E-state index in [2.05, 4.69) is 33.0 Å². The van der Waals surface area contributed by atoms with Gasteiger partial charge in [-0.05, 0) is 38.8 Å². The largest absolute Gasteiger partial charge is 0.491 e. The molecule has 1 aromatic carbocycles. The SMILES string of the molecule is CCOCCCNC(=NCc1ccc(C)cc1OCCOC)NCc1nnc(C)n1C.I. The molecule has 0 amide bonds. The molecule has 2 aromatic rings. The first-order valence-electron chi connectivity index (χ1n) is 10.7. The first-order valence-corrected chi connectivity index (χ1v) is 10.7. The van der Waals surface area contributed by atoms with Crippen LogP contribution in [0.1, 0.15) is 36.1 Å². The van der Waals surface area contributed by atoms with Gasteiger partial charge in [0.05, 0.1) is 19.7 Å². The van der Waals surface area contributed by atoms with Gasteiger partial charge in [0.2, 0.25) is 0 Å². The number of guanidine groups is 1. The maximum absolute atomic E-state index is 5.89. The fourth-order valence-corrected chi connectivity index (χ4v) is 2.79. The molecule has 180 valence electrons. The number of ether oxygens (including phenoxy) is 3. The number of methoxy groups -OCH3 is 1. The number of aliphatic imine (C=N–C) groups is 1. The van der Waals surface area contributed by atoms with Crippen LogP contribution in [0, 0.1) is 13.8 Å². The Balaban J connectivity index is 0.00000512. The zero-order valence-corrected chi connectivity index (χ0v) is 22.1. The molecule has 0 unspecified atom stereocenters. The highest BCUT2D eigenvalue weighted by atomic mass is 127. The van der Waals surface area contributed by atoms with Crippen LogP contribution in [0.3, 0.4) is 0 Å². The van der Waals surface area contributed by atoms with Crippen LogP contribution in [0.5, 0.6) is 5.75 Å². The normalized spacial score (nSPS) is 11.2. The third kappa shape index (κ3) is 9.70. The average Bonchev–Trinajstić information content (AvgIpc) is 3.08. The molecule has 0 fully saturated rings. The van der Waals surface area contributed by atoms with Crippen LogP contribution >= 0.6 is 24.0 Å². The summed E-state index contributed by atoms with van der Waals surface area (Å²) in [5.74, 6) is 3.26. The number of hydrogen-bond donors (Lipinski definition) is 2. The molecule has 0 aliphatic heterocycles. The Kier molecular flexibility index (Phi) is 13.9. The second-order valence-electron chi connectivity index (χ2n) is 7.17. The highest BCUT2D eigenvalue weighted by Crippen LogP contribution is 2.21. The molecule has 1 heterocycles. The second kappa shape index (κ2) is 15.8. The first kappa shape index (κ1) is 28.1. The van der Waals surface area contributed by atoms with Crippen molar-refractivity contribution >= 4 is 29.9 Å². The molecule has 0 saturated heterocycles. The van der Waals surface area contributed by atoms with Gasteiger partial charge in [0.15, 0.2) is 11.8 Å². The van der Waals surface area contributed by atoms with Crippen LogP contribution in [-0.4, -0.2) is 60.8 Å². The Morgan fingerprint density at radius 1 is 1.12 bits per heavy atom. The van der Waals surface area contributed by atoms with Crippen molar-refractivity contribution in [3.63, 3.8) is 0 Å². The predicted molar refractivity (Wildman–Crippen MR) is 137 cm³/mol. The molecule has 9 nitrogen and oxygen atoms in total. The van der Waals surface area contributed by atoms with E-state index in [9.17, 15) is 0 Å². The van der Waals surface area contributed by atoms with Crippen LogP contribution in [0.25, 0.3) is 0 Å². The number of aromatic nitrogens is 3. The lowest BCUT2D eigenvalue weighted by atomic mass is 10.1. The van der Waals surface area contributed by atoms with E-state index in [4.69, 9.17) is 19.2 Å². The predicted octanol–water partition coefficient (Wildman–Crippen LogP) is 2.74. The molecule has 32 heavy (non-hydrogen) atoms. The minimum atomic E-state index is 0. The van der Waals surface area contributed by atoms with E-state index in [0.29, 0.717) is 38.9 Å².